The minimum atomic E-state index is -1.90. The molecule has 294 valence electrons. The Balaban J connectivity index is 1.45. The Hall–Kier alpha value is -4.56. The van der Waals surface area contributed by atoms with E-state index < -0.39 is 102 Å². The minimum Gasteiger partial charge on any atom is -0.508 e. The molecule has 17 nitrogen and oxygen atoms in total. The predicted octanol–water partition coefficient (Wildman–Crippen LogP) is 0.471. The summed E-state index contributed by atoms with van der Waals surface area (Å²) in [5.74, 6) is -2.80. The minimum absolute atomic E-state index is 0.134. The number of phenols is 2. The maximum Gasteiger partial charge on any atom is 0.333 e. The molecule has 0 spiro atoms. The molecular formula is C37H44O17. The third-order valence-corrected chi connectivity index (χ3v) is 9.26. The number of carbonyl (C=O) groups excluding carboxylic acids is 1. The number of aliphatic hydroxyl groups is 7. The zero-order valence-electron chi connectivity index (χ0n) is 29.5. The molecule has 3 heterocycles. The highest BCUT2D eigenvalue weighted by atomic mass is 16.7. The molecule has 2 saturated heterocycles. The molecular weight excluding hydrogens is 716 g/mol. The zero-order chi connectivity index (χ0) is 39.6. The number of aliphatic hydroxyl groups excluding tert-OH is 6. The molecule has 17 heteroatoms. The van der Waals surface area contributed by atoms with E-state index in [1.807, 2.05) is 0 Å². The van der Waals surface area contributed by atoms with E-state index in [1.165, 1.54) is 56.3 Å². The highest BCUT2D eigenvalue weighted by molar-refractivity contribution is 5.89. The number of benzene rings is 2. The first-order chi connectivity index (χ1) is 25.5. The molecule has 0 aliphatic carbocycles. The molecule has 2 aliphatic rings. The number of allylic oxidation sites excluding steroid dienone is 1. The summed E-state index contributed by atoms with van der Waals surface area (Å²) in [6, 6.07) is 7.45. The third-order valence-electron chi connectivity index (χ3n) is 9.26. The van der Waals surface area contributed by atoms with Gasteiger partial charge in [0, 0.05) is 23.3 Å². The second-order valence-corrected chi connectivity index (χ2v) is 13.4. The van der Waals surface area contributed by atoms with Crippen molar-refractivity contribution in [3.63, 3.8) is 0 Å². The Labute approximate surface area is 308 Å². The van der Waals surface area contributed by atoms with E-state index >= 15 is 0 Å². The van der Waals surface area contributed by atoms with Crippen molar-refractivity contribution < 1.29 is 78.9 Å². The third kappa shape index (κ3) is 8.54. The summed E-state index contributed by atoms with van der Waals surface area (Å²) < 4.78 is 34.1. The van der Waals surface area contributed by atoms with Crippen molar-refractivity contribution in [2.75, 3.05) is 6.61 Å². The highest BCUT2D eigenvalue weighted by Gasteiger charge is 2.47. The Bertz CT molecular complexity index is 1900. The summed E-state index contributed by atoms with van der Waals surface area (Å²) in [4.78, 5) is 26.8. The van der Waals surface area contributed by atoms with Crippen molar-refractivity contribution in [1.29, 1.82) is 0 Å². The number of fused-ring (bicyclic) bond motifs is 1. The predicted molar refractivity (Wildman–Crippen MR) is 186 cm³/mol. The van der Waals surface area contributed by atoms with Crippen LogP contribution in [0, 0.1) is 0 Å². The van der Waals surface area contributed by atoms with Crippen LogP contribution >= 0.6 is 0 Å². The zero-order valence-corrected chi connectivity index (χ0v) is 29.5. The second kappa shape index (κ2) is 16.4. The van der Waals surface area contributed by atoms with Gasteiger partial charge in [-0.15, -0.1) is 6.58 Å². The van der Waals surface area contributed by atoms with Gasteiger partial charge in [-0.1, -0.05) is 12.2 Å². The van der Waals surface area contributed by atoms with Crippen molar-refractivity contribution in [2.24, 2.45) is 0 Å². The quantitative estimate of drug-likeness (QED) is 0.0689. The van der Waals surface area contributed by atoms with Gasteiger partial charge in [0.05, 0.1) is 18.3 Å². The average Bonchev–Trinajstić information content (AvgIpc) is 3.13. The summed E-state index contributed by atoms with van der Waals surface area (Å²) >= 11 is 0. The van der Waals surface area contributed by atoms with Gasteiger partial charge in [-0.05, 0) is 57.9 Å². The Morgan fingerprint density at radius 1 is 0.944 bits per heavy atom. The first-order valence-corrected chi connectivity index (χ1v) is 17.0. The first kappa shape index (κ1) is 40.6. The molecule has 2 aliphatic heterocycles. The molecule has 11 unspecified atom stereocenters. The number of esters is 1. The van der Waals surface area contributed by atoms with E-state index in [4.69, 9.17) is 28.1 Å². The molecule has 2 fully saturated rings. The fraction of sp³-hybridized carbons (Fsp3) is 0.459. The smallest absolute Gasteiger partial charge is 0.333 e. The summed E-state index contributed by atoms with van der Waals surface area (Å²) in [6.45, 7) is 7.27. The number of ether oxygens (including phenoxy) is 5. The molecule has 0 radical (unpaired) electrons. The molecule has 5 rings (SSSR count). The van der Waals surface area contributed by atoms with Crippen LogP contribution in [0.4, 0.5) is 0 Å². The Morgan fingerprint density at radius 3 is 2.26 bits per heavy atom. The lowest BCUT2D eigenvalue weighted by molar-refractivity contribution is -0.277. The van der Waals surface area contributed by atoms with E-state index in [2.05, 4.69) is 6.58 Å². The topological polar surface area (TPSA) is 275 Å². The van der Waals surface area contributed by atoms with Crippen LogP contribution < -0.4 is 14.9 Å². The van der Waals surface area contributed by atoms with Crippen molar-refractivity contribution in [3.8, 4) is 34.3 Å². The molecule has 9 N–H and O–H groups in total. The number of hydrogen-bond acceptors (Lipinski definition) is 17. The molecule has 54 heavy (non-hydrogen) atoms. The van der Waals surface area contributed by atoms with Gasteiger partial charge >= 0.3 is 5.97 Å². The second-order valence-electron chi connectivity index (χ2n) is 13.4. The van der Waals surface area contributed by atoms with Crippen LogP contribution in [0.25, 0.3) is 22.3 Å². The number of phenolic OH excluding ortho intramolecular Hbond substituents is 2. The van der Waals surface area contributed by atoms with Crippen LogP contribution in [-0.4, -0.2) is 126 Å². The van der Waals surface area contributed by atoms with Gasteiger partial charge in [0.2, 0.25) is 23.8 Å². The van der Waals surface area contributed by atoms with Crippen LogP contribution in [0.2, 0.25) is 0 Å². The van der Waals surface area contributed by atoms with E-state index in [0.717, 1.165) is 6.07 Å². The largest absolute Gasteiger partial charge is 0.508 e. The average molecular weight is 761 g/mol. The van der Waals surface area contributed by atoms with Crippen LogP contribution in [0.5, 0.6) is 23.0 Å². The number of aromatic hydroxyl groups is 2. The lowest BCUT2D eigenvalue weighted by Gasteiger charge is -2.40. The van der Waals surface area contributed by atoms with Gasteiger partial charge in [0.15, 0.2) is 18.0 Å². The van der Waals surface area contributed by atoms with Gasteiger partial charge in [-0.25, -0.2) is 4.79 Å². The summed E-state index contributed by atoms with van der Waals surface area (Å²) in [6.07, 6.45) is -12.5. The summed E-state index contributed by atoms with van der Waals surface area (Å²) in [5, 5.41) is 93.2. The van der Waals surface area contributed by atoms with Crippen LogP contribution in [-0.2, 0) is 19.0 Å². The monoisotopic (exact) mass is 760 g/mol. The van der Waals surface area contributed by atoms with Gasteiger partial charge in [0.25, 0.3) is 0 Å². The normalized spacial score (nSPS) is 30.0. The number of hydrogen-bond donors (Lipinski definition) is 9. The lowest BCUT2D eigenvalue weighted by Crippen LogP contribution is -2.60. The van der Waals surface area contributed by atoms with Gasteiger partial charge in [0.1, 0.15) is 58.7 Å². The van der Waals surface area contributed by atoms with E-state index in [9.17, 15) is 55.5 Å². The van der Waals surface area contributed by atoms with Crippen molar-refractivity contribution in [3.05, 3.63) is 70.9 Å². The van der Waals surface area contributed by atoms with E-state index in [0.29, 0.717) is 6.42 Å². The fourth-order valence-electron chi connectivity index (χ4n) is 5.87. The Kier molecular flexibility index (Phi) is 12.4. The van der Waals surface area contributed by atoms with Crippen molar-refractivity contribution in [2.45, 2.75) is 101 Å². The first-order valence-electron chi connectivity index (χ1n) is 17.0. The number of rotatable bonds is 12. The summed E-state index contributed by atoms with van der Waals surface area (Å²) in [5.41, 5.74) is -2.11. The van der Waals surface area contributed by atoms with Crippen LogP contribution in [0.1, 0.15) is 33.6 Å². The van der Waals surface area contributed by atoms with Crippen molar-refractivity contribution in [1.82, 2.24) is 0 Å². The van der Waals surface area contributed by atoms with Gasteiger partial charge in [-0.3, -0.25) is 4.79 Å². The maximum absolute atomic E-state index is 14.0. The Morgan fingerprint density at radius 2 is 1.61 bits per heavy atom. The SMILES string of the molecule is C=CC(C)(O)CCC=C(C)C(=O)OC1C(O)C(C)OC(Oc2cc(O)c3c(=O)c(OC4OC(CO)C(O)C(O)C4O)c(-c4ccc(O)cc4)oc3c2)C1O. The van der Waals surface area contributed by atoms with Crippen LogP contribution in [0.15, 0.2) is 69.9 Å². The standard InChI is InChI=1S/C37H44O17/c1-5-37(4,48)12-6-7-16(2)34(47)53-32-25(41)17(3)49-36(30(32)46)50-20-13-21(40)24-22(14-20)51-31(18-8-10-19(39)11-9-18)33(27(24)43)54-35-29(45)28(44)26(42)23(15-38)52-35/h5,7-11,13-14,17,23,25-26,28-30,32,35-36,38-42,44-46,48H,1,6,12,15H2,2-4H3. The summed E-state index contributed by atoms with van der Waals surface area (Å²) in [7, 11) is 0. The van der Waals surface area contributed by atoms with Gasteiger partial charge in [-0.2, -0.15) is 0 Å². The van der Waals surface area contributed by atoms with Gasteiger partial charge < -0.3 is 74.1 Å². The molecule has 1 aromatic heterocycles. The number of carbonyl (C=O) groups is 1. The molecule has 2 aromatic carbocycles. The molecule has 0 saturated carbocycles. The molecule has 0 amide bonds. The molecule has 3 aromatic rings. The van der Waals surface area contributed by atoms with E-state index in [1.54, 1.807) is 6.92 Å². The maximum atomic E-state index is 14.0. The fourth-order valence-corrected chi connectivity index (χ4v) is 5.87. The highest BCUT2D eigenvalue weighted by Crippen LogP contribution is 2.38. The lowest BCUT2D eigenvalue weighted by atomic mass is 9.99. The molecule has 11 atom stereocenters. The van der Waals surface area contributed by atoms with E-state index in [-0.39, 0.29) is 40.4 Å². The van der Waals surface area contributed by atoms with Crippen molar-refractivity contribution >= 4 is 16.9 Å². The van der Waals surface area contributed by atoms with Crippen LogP contribution in [0.3, 0.4) is 0 Å². The molecule has 0 bridgehead atoms.